The molecule has 1 aromatic carbocycles. The van der Waals surface area contributed by atoms with E-state index in [-0.39, 0.29) is 24.6 Å². The minimum atomic E-state index is -0.614. The van der Waals surface area contributed by atoms with Crippen LogP contribution in [0.3, 0.4) is 0 Å². The highest BCUT2D eigenvalue weighted by atomic mass is 16.6. The third-order valence-electron chi connectivity index (χ3n) is 4.44. The molecule has 1 aliphatic rings. The molecule has 3 rings (SSSR count). The number of hydrogen-bond donors (Lipinski definition) is 1. The monoisotopic (exact) mass is 387 g/mol. The molecule has 1 fully saturated rings. The van der Waals surface area contributed by atoms with Crippen molar-refractivity contribution in [1.82, 2.24) is 25.2 Å². The van der Waals surface area contributed by atoms with Gasteiger partial charge in [-0.2, -0.15) is 0 Å². The van der Waals surface area contributed by atoms with Crippen molar-refractivity contribution in [3.63, 3.8) is 0 Å². The second-order valence-corrected chi connectivity index (χ2v) is 7.76. The van der Waals surface area contributed by atoms with Crippen LogP contribution in [0.2, 0.25) is 0 Å². The number of carbonyl (C=O) groups is 2. The van der Waals surface area contributed by atoms with Crippen molar-refractivity contribution < 1.29 is 14.3 Å². The standard InChI is InChI=1S/C19H25N5O4/c1-19(2,3)28-18(27)23-11-6-9-15(23)16(25)20-10-12-24-17(26)13-7-4-5-8-14(13)21-22-24/h4-5,7-8,15H,6,9-12H2,1-3H3,(H,20,25). The van der Waals surface area contributed by atoms with Gasteiger partial charge in [-0.05, 0) is 45.7 Å². The van der Waals surface area contributed by atoms with Crippen molar-refractivity contribution in [2.45, 2.75) is 51.8 Å². The number of hydrogen-bond acceptors (Lipinski definition) is 6. The van der Waals surface area contributed by atoms with Gasteiger partial charge in [-0.3, -0.25) is 14.5 Å². The molecule has 28 heavy (non-hydrogen) atoms. The lowest BCUT2D eigenvalue weighted by Crippen LogP contribution is -2.48. The number of nitrogens with zero attached hydrogens (tertiary/aromatic N) is 4. The van der Waals surface area contributed by atoms with Crippen molar-refractivity contribution in [2.75, 3.05) is 13.1 Å². The summed E-state index contributed by atoms with van der Waals surface area (Å²) in [5.74, 6) is -0.259. The number of carbonyl (C=O) groups excluding carboxylic acids is 2. The third-order valence-corrected chi connectivity index (χ3v) is 4.44. The average molecular weight is 387 g/mol. The summed E-state index contributed by atoms with van der Waals surface area (Å²) in [7, 11) is 0. The maximum Gasteiger partial charge on any atom is 0.410 e. The molecule has 1 unspecified atom stereocenters. The summed E-state index contributed by atoms with van der Waals surface area (Å²) in [5.41, 5.74) is -0.334. The fourth-order valence-electron chi connectivity index (χ4n) is 3.15. The fourth-order valence-corrected chi connectivity index (χ4v) is 3.15. The highest BCUT2D eigenvalue weighted by Crippen LogP contribution is 2.20. The lowest BCUT2D eigenvalue weighted by molar-refractivity contribution is -0.125. The molecule has 9 nitrogen and oxygen atoms in total. The quantitative estimate of drug-likeness (QED) is 0.848. The van der Waals surface area contributed by atoms with Crippen LogP contribution in [-0.4, -0.2) is 56.6 Å². The Hall–Kier alpha value is -2.97. The summed E-state index contributed by atoms with van der Waals surface area (Å²) in [6.45, 7) is 6.27. The van der Waals surface area contributed by atoms with Crippen molar-refractivity contribution in [3.05, 3.63) is 34.6 Å². The van der Waals surface area contributed by atoms with E-state index in [0.717, 1.165) is 6.42 Å². The first kappa shape index (κ1) is 19.8. The molecule has 1 atom stereocenters. The number of fused-ring (bicyclic) bond motifs is 1. The SMILES string of the molecule is CC(C)(C)OC(=O)N1CCCC1C(=O)NCCn1nnc2ccccc2c1=O. The Morgan fingerprint density at radius 2 is 2.04 bits per heavy atom. The van der Waals surface area contributed by atoms with Crippen LogP contribution in [0.5, 0.6) is 0 Å². The van der Waals surface area contributed by atoms with Gasteiger partial charge in [0, 0.05) is 13.1 Å². The van der Waals surface area contributed by atoms with Crippen molar-refractivity contribution in [2.24, 2.45) is 0 Å². The Kier molecular flexibility index (Phi) is 5.62. The minimum Gasteiger partial charge on any atom is -0.444 e. The maximum atomic E-state index is 12.5. The molecule has 0 bridgehead atoms. The first-order valence-electron chi connectivity index (χ1n) is 9.36. The zero-order valence-corrected chi connectivity index (χ0v) is 16.3. The van der Waals surface area contributed by atoms with Gasteiger partial charge < -0.3 is 10.1 Å². The third kappa shape index (κ3) is 4.47. The largest absolute Gasteiger partial charge is 0.444 e. The molecule has 0 aliphatic carbocycles. The number of amides is 2. The Morgan fingerprint density at radius 1 is 1.29 bits per heavy atom. The number of benzene rings is 1. The van der Waals surface area contributed by atoms with E-state index in [9.17, 15) is 14.4 Å². The number of rotatable bonds is 4. The van der Waals surface area contributed by atoms with Crippen molar-refractivity contribution >= 4 is 22.9 Å². The molecule has 150 valence electrons. The van der Waals surface area contributed by atoms with Crippen LogP contribution in [0.15, 0.2) is 29.1 Å². The summed E-state index contributed by atoms with van der Waals surface area (Å²) in [4.78, 5) is 38.7. The number of likely N-dealkylation sites (tertiary alicyclic amines) is 1. The van der Waals surface area contributed by atoms with Gasteiger partial charge in [-0.1, -0.05) is 17.3 Å². The van der Waals surface area contributed by atoms with Crippen LogP contribution < -0.4 is 10.9 Å². The van der Waals surface area contributed by atoms with E-state index in [1.54, 1.807) is 45.0 Å². The van der Waals surface area contributed by atoms with E-state index in [2.05, 4.69) is 15.6 Å². The van der Waals surface area contributed by atoms with E-state index in [0.29, 0.717) is 23.9 Å². The summed E-state index contributed by atoms with van der Waals surface area (Å²) < 4.78 is 6.60. The van der Waals surface area contributed by atoms with Gasteiger partial charge in [-0.15, -0.1) is 5.10 Å². The Morgan fingerprint density at radius 3 is 2.79 bits per heavy atom. The number of nitrogens with one attached hydrogen (secondary N) is 1. The first-order chi connectivity index (χ1) is 13.3. The van der Waals surface area contributed by atoms with Crippen molar-refractivity contribution in [3.8, 4) is 0 Å². The molecule has 0 radical (unpaired) electrons. The van der Waals surface area contributed by atoms with Crippen LogP contribution in [-0.2, 0) is 16.1 Å². The lowest BCUT2D eigenvalue weighted by Gasteiger charge is -2.28. The predicted molar refractivity (Wildman–Crippen MR) is 103 cm³/mol. The molecule has 1 N–H and O–H groups in total. The molecular weight excluding hydrogens is 362 g/mol. The van der Waals surface area contributed by atoms with E-state index in [1.807, 2.05) is 0 Å². The van der Waals surface area contributed by atoms with Gasteiger partial charge in [0.2, 0.25) is 5.91 Å². The normalized spacial score (nSPS) is 17.0. The van der Waals surface area contributed by atoms with Crippen LogP contribution in [0.1, 0.15) is 33.6 Å². The molecule has 1 saturated heterocycles. The lowest BCUT2D eigenvalue weighted by atomic mass is 10.2. The van der Waals surface area contributed by atoms with Crippen LogP contribution in [0.25, 0.3) is 10.9 Å². The summed E-state index contributed by atoms with van der Waals surface area (Å²) >= 11 is 0. The van der Waals surface area contributed by atoms with Crippen LogP contribution in [0.4, 0.5) is 4.79 Å². The zero-order valence-electron chi connectivity index (χ0n) is 16.3. The molecule has 9 heteroatoms. The maximum absolute atomic E-state index is 12.5. The Labute approximate surface area is 162 Å². The fraction of sp³-hybridized carbons (Fsp3) is 0.526. The highest BCUT2D eigenvalue weighted by molar-refractivity contribution is 5.86. The molecule has 1 aromatic heterocycles. The molecule has 1 aliphatic heterocycles. The number of aromatic nitrogens is 3. The molecule has 0 saturated carbocycles. The second kappa shape index (κ2) is 7.95. The zero-order chi connectivity index (χ0) is 20.3. The minimum absolute atomic E-state index is 0.196. The molecule has 0 spiro atoms. The first-order valence-corrected chi connectivity index (χ1v) is 9.36. The molecule has 2 amide bonds. The topological polar surface area (TPSA) is 106 Å². The van der Waals surface area contributed by atoms with Gasteiger partial charge in [0.05, 0.1) is 11.9 Å². The van der Waals surface area contributed by atoms with E-state index >= 15 is 0 Å². The van der Waals surface area contributed by atoms with Crippen LogP contribution in [0, 0.1) is 0 Å². The smallest absolute Gasteiger partial charge is 0.410 e. The van der Waals surface area contributed by atoms with E-state index < -0.39 is 17.7 Å². The van der Waals surface area contributed by atoms with Crippen LogP contribution >= 0.6 is 0 Å². The van der Waals surface area contributed by atoms with Gasteiger partial charge in [0.25, 0.3) is 5.56 Å². The van der Waals surface area contributed by atoms with Crippen molar-refractivity contribution in [1.29, 1.82) is 0 Å². The Bertz CT molecular complexity index is 934. The Balaban J connectivity index is 1.59. The molecular formula is C19H25N5O4. The van der Waals surface area contributed by atoms with Gasteiger partial charge in [0.15, 0.2) is 0 Å². The summed E-state index contributed by atoms with van der Waals surface area (Å²) in [5, 5.41) is 11.2. The van der Waals surface area contributed by atoms with Gasteiger partial charge in [-0.25, -0.2) is 9.48 Å². The summed E-state index contributed by atoms with van der Waals surface area (Å²) in [6, 6.07) is 6.41. The van der Waals surface area contributed by atoms with E-state index in [4.69, 9.17) is 4.74 Å². The number of ether oxygens (including phenoxy) is 1. The second-order valence-electron chi connectivity index (χ2n) is 7.76. The average Bonchev–Trinajstić information content (AvgIpc) is 3.12. The molecule has 2 aromatic rings. The van der Waals surface area contributed by atoms with E-state index in [1.165, 1.54) is 9.58 Å². The molecule has 2 heterocycles. The predicted octanol–water partition coefficient (Wildman–Crippen LogP) is 1.31. The van der Waals surface area contributed by atoms with Gasteiger partial charge >= 0.3 is 6.09 Å². The van der Waals surface area contributed by atoms with Gasteiger partial charge in [0.1, 0.15) is 17.2 Å². The highest BCUT2D eigenvalue weighted by Gasteiger charge is 2.36. The summed E-state index contributed by atoms with van der Waals surface area (Å²) in [6.07, 6.45) is 0.843.